The number of carbonyl (C=O) groups is 1. The minimum atomic E-state index is -1.13. The Labute approximate surface area is 105 Å². The summed E-state index contributed by atoms with van der Waals surface area (Å²) >= 11 is 0. The van der Waals surface area contributed by atoms with Crippen LogP contribution in [-0.2, 0) is 5.60 Å². The van der Waals surface area contributed by atoms with Crippen LogP contribution in [0.1, 0.15) is 28.4 Å². The van der Waals surface area contributed by atoms with Crippen molar-refractivity contribution in [3.05, 3.63) is 71.3 Å². The van der Waals surface area contributed by atoms with Gasteiger partial charge in [-0.25, -0.2) is 4.79 Å². The zero-order chi connectivity index (χ0) is 13.2. The van der Waals surface area contributed by atoms with Crippen molar-refractivity contribution in [3.8, 4) is 0 Å². The number of hydrogen-bond acceptors (Lipinski definition) is 2. The Morgan fingerprint density at radius 2 is 1.44 bits per heavy atom. The van der Waals surface area contributed by atoms with Crippen LogP contribution in [0.3, 0.4) is 0 Å². The average molecular weight is 242 g/mol. The fourth-order valence-corrected chi connectivity index (χ4v) is 1.87. The zero-order valence-electron chi connectivity index (χ0n) is 10.00. The highest BCUT2D eigenvalue weighted by Gasteiger charge is 2.25. The summed E-state index contributed by atoms with van der Waals surface area (Å²) in [6.45, 7) is 1.69. The third-order valence-corrected chi connectivity index (χ3v) is 3.03. The number of rotatable bonds is 3. The van der Waals surface area contributed by atoms with Crippen LogP contribution >= 0.6 is 0 Å². The predicted molar refractivity (Wildman–Crippen MR) is 68.5 cm³/mol. The molecule has 0 spiro atoms. The summed E-state index contributed by atoms with van der Waals surface area (Å²) < 4.78 is 0. The highest BCUT2D eigenvalue weighted by molar-refractivity contribution is 5.87. The fraction of sp³-hybridized carbons (Fsp3) is 0.133. The van der Waals surface area contributed by atoms with Crippen molar-refractivity contribution >= 4 is 5.97 Å². The lowest BCUT2D eigenvalue weighted by molar-refractivity contribution is 0.0695. The molecule has 0 bridgehead atoms. The quantitative estimate of drug-likeness (QED) is 0.869. The normalized spacial score (nSPS) is 13.9. The van der Waals surface area contributed by atoms with Crippen molar-refractivity contribution < 1.29 is 15.0 Å². The van der Waals surface area contributed by atoms with Gasteiger partial charge in [-0.3, -0.25) is 0 Å². The molecule has 18 heavy (non-hydrogen) atoms. The second kappa shape index (κ2) is 4.63. The monoisotopic (exact) mass is 242 g/mol. The predicted octanol–water partition coefficient (Wildman–Crippen LogP) is 2.64. The van der Waals surface area contributed by atoms with Crippen LogP contribution in [0.4, 0.5) is 0 Å². The molecule has 0 aliphatic carbocycles. The van der Waals surface area contributed by atoms with Gasteiger partial charge in [-0.2, -0.15) is 0 Å². The molecule has 0 aliphatic heterocycles. The smallest absolute Gasteiger partial charge is 0.335 e. The highest BCUT2D eigenvalue weighted by Crippen LogP contribution is 2.28. The maximum Gasteiger partial charge on any atom is 0.335 e. The molecule has 0 aliphatic rings. The van der Waals surface area contributed by atoms with Gasteiger partial charge in [0.15, 0.2) is 0 Å². The van der Waals surface area contributed by atoms with Crippen LogP contribution in [0.2, 0.25) is 0 Å². The molecule has 92 valence electrons. The van der Waals surface area contributed by atoms with E-state index in [4.69, 9.17) is 5.11 Å². The second-order valence-electron chi connectivity index (χ2n) is 4.32. The van der Waals surface area contributed by atoms with Crippen LogP contribution in [0, 0.1) is 0 Å². The van der Waals surface area contributed by atoms with Gasteiger partial charge >= 0.3 is 5.97 Å². The fourth-order valence-electron chi connectivity index (χ4n) is 1.87. The van der Waals surface area contributed by atoms with Crippen molar-refractivity contribution in [1.82, 2.24) is 0 Å². The van der Waals surface area contributed by atoms with E-state index in [1.807, 2.05) is 30.3 Å². The molecule has 3 heteroatoms. The summed E-state index contributed by atoms with van der Waals surface area (Å²) in [5.41, 5.74) is 0.521. The summed E-state index contributed by atoms with van der Waals surface area (Å²) in [7, 11) is 0. The zero-order valence-corrected chi connectivity index (χ0v) is 10.00. The highest BCUT2D eigenvalue weighted by atomic mass is 16.4. The van der Waals surface area contributed by atoms with Gasteiger partial charge in [0, 0.05) is 0 Å². The Hall–Kier alpha value is -2.13. The molecular formula is C15H14O3. The van der Waals surface area contributed by atoms with Crippen molar-refractivity contribution in [2.45, 2.75) is 12.5 Å². The van der Waals surface area contributed by atoms with E-state index in [0.29, 0.717) is 5.56 Å². The first-order valence-corrected chi connectivity index (χ1v) is 5.63. The van der Waals surface area contributed by atoms with Gasteiger partial charge in [0.05, 0.1) is 5.56 Å². The van der Waals surface area contributed by atoms with E-state index < -0.39 is 11.6 Å². The summed E-state index contributed by atoms with van der Waals surface area (Å²) in [6.07, 6.45) is 0. The number of carboxylic acids is 1. The Balaban J connectivity index is 2.39. The lowest BCUT2D eigenvalue weighted by atomic mass is 9.88. The lowest BCUT2D eigenvalue weighted by Gasteiger charge is -2.24. The van der Waals surface area contributed by atoms with Gasteiger partial charge in [0.25, 0.3) is 0 Å². The average Bonchev–Trinajstić information content (AvgIpc) is 2.40. The van der Waals surface area contributed by atoms with E-state index in [2.05, 4.69) is 0 Å². The summed E-state index contributed by atoms with van der Waals surface area (Å²) in [4.78, 5) is 10.8. The molecule has 1 atom stereocenters. The SMILES string of the molecule is C[C@](O)(c1ccccc1)c1ccc(C(=O)O)cc1. The van der Waals surface area contributed by atoms with E-state index in [9.17, 15) is 9.90 Å². The number of aromatic carboxylic acids is 1. The lowest BCUT2D eigenvalue weighted by Crippen LogP contribution is -2.22. The molecule has 3 nitrogen and oxygen atoms in total. The minimum absolute atomic E-state index is 0.211. The van der Waals surface area contributed by atoms with Crippen molar-refractivity contribution in [3.63, 3.8) is 0 Å². The van der Waals surface area contributed by atoms with Crippen molar-refractivity contribution in [2.24, 2.45) is 0 Å². The third-order valence-electron chi connectivity index (χ3n) is 3.03. The van der Waals surface area contributed by atoms with Gasteiger partial charge < -0.3 is 10.2 Å². The van der Waals surface area contributed by atoms with Crippen molar-refractivity contribution in [2.75, 3.05) is 0 Å². The first-order valence-electron chi connectivity index (χ1n) is 5.63. The number of benzene rings is 2. The minimum Gasteiger partial charge on any atom is -0.478 e. The molecule has 0 unspecified atom stereocenters. The van der Waals surface area contributed by atoms with Crippen LogP contribution in [0.5, 0.6) is 0 Å². The van der Waals surface area contributed by atoms with Crippen LogP contribution in [-0.4, -0.2) is 16.2 Å². The molecule has 0 aromatic heterocycles. The second-order valence-corrected chi connectivity index (χ2v) is 4.32. The Bertz CT molecular complexity index is 542. The van der Waals surface area contributed by atoms with Gasteiger partial charge in [0.1, 0.15) is 5.60 Å². The molecule has 0 heterocycles. The third kappa shape index (κ3) is 2.26. The molecule has 0 fully saturated rings. The first-order chi connectivity index (χ1) is 8.51. The molecule has 0 saturated carbocycles. The van der Waals surface area contributed by atoms with Gasteiger partial charge in [0.2, 0.25) is 0 Å². The molecule has 2 rings (SSSR count). The van der Waals surface area contributed by atoms with Gasteiger partial charge in [-0.1, -0.05) is 42.5 Å². The Kier molecular flexibility index (Phi) is 3.17. The maximum absolute atomic E-state index is 10.8. The molecule has 2 aromatic rings. The van der Waals surface area contributed by atoms with E-state index in [1.165, 1.54) is 12.1 Å². The van der Waals surface area contributed by atoms with E-state index in [-0.39, 0.29) is 5.56 Å². The van der Waals surface area contributed by atoms with Crippen LogP contribution < -0.4 is 0 Å². The molecule has 0 amide bonds. The molecular weight excluding hydrogens is 228 g/mol. The van der Waals surface area contributed by atoms with E-state index >= 15 is 0 Å². The van der Waals surface area contributed by atoms with Crippen LogP contribution in [0.15, 0.2) is 54.6 Å². The summed E-state index contributed by atoms with van der Waals surface area (Å²) in [6, 6.07) is 15.5. The topological polar surface area (TPSA) is 57.5 Å². The summed E-state index contributed by atoms with van der Waals surface area (Å²) in [5.74, 6) is -0.971. The largest absolute Gasteiger partial charge is 0.478 e. The molecule has 0 radical (unpaired) electrons. The van der Waals surface area contributed by atoms with E-state index in [1.54, 1.807) is 19.1 Å². The van der Waals surface area contributed by atoms with Gasteiger partial charge in [-0.15, -0.1) is 0 Å². The molecule has 2 N–H and O–H groups in total. The number of hydrogen-bond donors (Lipinski definition) is 2. The first kappa shape index (κ1) is 12.3. The maximum atomic E-state index is 10.8. The molecule has 0 saturated heterocycles. The van der Waals surface area contributed by atoms with Crippen LogP contribution in [0.25, 0.3) is 0 Å². The Morgan fingerprint density at radius 1 is 0.944 bits per heavy atom. The standard InChI is InChI=1S/C15H14O3/c1-15(18,12-5-3-2-4-6-12)13-9-7-11(8-10-13)14(16)17/h2-10,18H,1H3,(H,16,17)/t15-/m0/s1. The number of carboxylic acid groups (broad SMARTS) is 1. The summed E-state index contributed by atoms with van der Waals surface area (Å²) in [5, 5.41) is 19.4. The Morgan fingerprint density at radius 3 is 1.94 bits per heavy atom. The number of aliphatic hydroxyl groups is 1. The van der Waals surface area contributed by atoms with Gasteiger partial charge in [-0.05, 0) is 30.2 Å². The van der Waals surface area contributed by atoms with E-state index in [0.717, 1.165) is 5.56 Å². The molecule has 2 aromatic carbocycles. The van der Waals surface area contributed by atoms with Crippen molar-refractivity contribution in [1.29, 1.82) is 0 Å².